The van der Waals surface area contributed by atoms with E-state index in [0.29, 0.717) is 29.2 Å². The number of nitrogens with one attached hydrogen (secondary N) is 2. The van der Waals surface area contributed by atoms with E-state index in [1.807, 2.05) is 6.07 Å². The SMILES string of the molecule is CCCCCNC(=O)c1ccnc(Nc2cccc(C(=O)OC)c2)c1. The minimum atomic E-state index is -0.406. The van der Waals surface area contributed by atoms with Crippen molar-refractivity contribution in [1.29, 1.82) is 0 Å². The molecule has 0 bridgehead atoms. The van der Waals surface area contributed by atoms with Crippen LogP contribution in [-0.4, -0.2) is 30.5 Å². The third kappa shape index (κ3) is 5.60. The van der Waals surface area contributed by atoms with Crippen molar-refractivity contribution in [2.24, 2.45) is 0 Å². The number of rotatable bonds is 8. The quantitative estimate of drug-likeness (QED) is 0.567. The van der Waals surface area contributed by atoms with Gasteiger partial charge in [0.1, 0.15) is 5.82 Å². The summed E-state index contributed by atoms with van der Waals surface area (Å²) in [5.41, 5.74) is 1.67. The molecule has 0 atom stereocenters. The summed E-state index contributed by atoms with van der Waals surface area (Å²) in [6.07, 6.45) is 4.76. The maximum Gasteiger partial charge on any atom is 0.337 e. The fourth-order valence-corrected chi connectivity index (χ4v) is 2.31. The number of carbonyl (C=O) groups is 2. The number of carbonyl (C=O) groups excluding carboxylic acids is 2. The number of nitrogens with zero attached hydrogens (tertiary/aromatic N) is 1. The predicted octanol–water partition coefficient (Wildman–Crippen LogP) is 3.53. The van der Waals surface area contributed by atoms with Crippen molar-refractivity contribution < 1.29 is 14.3 Å². The Morgan fingerprint density at radius 2 is 1.96 bits per heavy atom. The zero-order chi connectivity index (χ0) is 18.1. The lowest BCUT2D eigenvalue weighted by molar-refractivity contribution is 0.0600. The molecule has 0 spiro atoms. The van der Waals surface area contributed by atoms with E-state index < -0.39 is 5.97 Å². The molecule has 1 aromatic carbocycles. The van der Waals surface area contributed by atoms with E-state index in [9.17, 15) is 9.59 Å². The van der Waals surface area contributed by atoms with Crippen LogP contribution < -0.4 is 10.6 Å². The van der Waals surface area contributed by atoms with E-state index in [2.05, 4.69) is 22.5 Å². The summed E-state index contributed by atoms with van der Waals surface area (Å²) in [5.74, 6) is 0.00454. The Labute approximate surface area is 147 Å². The lowest BCUT2D eigenvalue weighted by Crippen LogP contribution is -2.24. The number of esters is 1. The van der Waals surface area contributed by atoms with Crippen LogP contribution in [0.5, 0.6) is 0 Å². The second-order valence-electron chi connectivity index (χ2n) is 5.59. The minimum absolute atomic E-state index is 0.120. The normalized spacial score (nSPS) is 10.2. The van der Waals surface area contributed by atoms with E-state index in [4.69, 9.17) is 4.74 Å². The van der Waals surface area contributed by atoms with Crippen molar-refractivity contribution in [1.82, 2.24) is 10.3 Å². The van der Waals surface area contributed by atoms with E-state index in [1.165, 1.54) is 7.11 Å². The van der Waals surface area contributed by atoms with Crippen LogP contribution in [-0.2, 0) is 4.74 Å². The molecule has 2 aromatic rings. The molecule has 1 aromatic heterocycles. The molecular weight excluding hydrogens is 318 g/mol. The number of hydrogen-bond donors (Lipinski definition) is 2. The molecule has 132 valence electrons. The number of benzene rings is 1. The van der Waals surface area contributed by atoms with Crippen molar-refractivity contribution >= 4 is 23.4 Å². The van der Waals surface area contributed by atoms with E-state index in [-0.39, 0.29) is 5.91 Å². The number of ether oxygens (including phenoxy) is 1. The molecule has 0 aliphatic carbocycles. The number of methoxy groups -OCH3 is 1. The molecule has 1 amide bonds. The summed E-state index contributed by atoms with van der Waals surface area (Å²) in [7, 11) is 1.34. The topological polar surface area (TPSA) is 80.3 Å². The molecule has 2 N–H and O–H groups in total. The van der Waals surface area contributed by atoms with Crippen LogP contribution in [0.25, 0.3) is 0 Å². The molecule has 6 heteroatoms. The highest BCUT2D eigenvalue weighted by molar-refractivity contribution is 5.95. The second kappa shape index (κ2) is 9.42. The fourth-order valence-electron chi connectivity index (χ4n) is 2.31. The molecule has 0 aliphatic rings. The molecule has 25 heavy (non-hydrogen) atoms. The molecule has 6 nitrogen and oxygen atoms in total. The Kier molecular flexibility index (Phi) is 6.95. The summed E-state index contributed by atoms with van der Waals surface area (Å²) < 4.78 is 4.71. The molecule has 0 aliphatic heterocycles. The lowest BCUT2D eigenvalue weighted by Gasteiger charge is -2.09. The van der Waals surface area contributed by atoms with Gasteiger partial charge in [-0.1, -0.05) is 25.8 Å². The number of pyridine rings is 1. The summed E-state index contributed by atoms with van der Waals surface area (Å²) in [4.78, 5) is 28.0. The zero-order valence-corrected chi connectivity index (χ0v) is 14.5. The lowest BCUT2D eigenvalue weighted by atomic mass is 10.2. The molecule has 1 heterocycles. The van der Waals surface area contributed by atoms with E-state index >= 15 is 0 Å². The van der Waals surface area contributed by atoms with Gasteiger partial charge >= 0.3 is 5.97 Å². The minimum Gasteiger partial charge on any atom is -0.465 e. The van der Waals surface area contributed by atoms with Crippen LogP contribution in [0.15, 0.2) is 42.6 Å². The highest BCUT2D eigenvalue weighted by atomic mass is 16.5. The van der Waals surface area contributed by atoms with E-state index in [1.54, 1.807) is 36.5 Å². The smallest absolute Gasteiger partial charge is 0.337 e. The Hall–Kier alpha value is -2.89. The summed E-state index contributed by atoms with van der Waals surface area (Å²) in [6.45, 7) is 2.79. The van der Waals surface area contributed by atoms with Crippen molar-refractivity contribution in [3.05, 3.63) is 53.7 Å². The third-order valence-electron chi connectivity index (χ3n) is 3.64. The summed E-state index contributed by atoms with van der Waals surface area (Å²) >= 11 is 0. The van der Waals surface area contributed by atoms with Crippen molar-refractivity contribution in [3.8, 4) is 0 Å². The first-order chi connectivity index (χ1) is 12.1. The summed E-state index contributed by atoms with van der Waals surface area (Å²) in [5, 5.41) is 6.00. The molecule has 2 rings (SSSR count). The Bertz CT molecular complexity index is 731. The maximum atomic E-state index is 12.2. The standard InChI is InChI=1S/C19H23N3O3/c1-3-4-5-10-21-18(23)14-9-11-20-17(13-14)22-16-8-6-7-15(12-16)19(24)25-2/h6-9,11-13H,3-5,10H2,1-2H3,(H,20,22)(H,21,23). The molecule has 0 saturated heterocycles. The van der Waals surface area contributed by atoms with Gasteiger partial charge in [-0.15, -0.1) is 0 Å². The van der Waals surface area contributed by atoms with Gasteiger partial charge in [-0.3, -0.25) is 4.79 Å². The Balaban J connectivity index is 2.04. The van der Waals surface area contributed by atoms with Gasteiger partial charge in [0, 0.05) is 24.0 Å². The van der Waals surface area contributed by atoms with Crippen LogP contribution in [0.4, 0.5) is 11.5 Å². The molecule has 0 saturated carbocycles. The number of unbranched alkanes of at least 4 members (excludes halogenated alkanes) is 2. The van der Waals surface area contributed by atoms with Gasteiger partial charge in [0.05, 0.1) is 12.7 Å². The first-order valence-corrected chi connectivity index (χ1v) is 8.33. The van der Waals surface area contributed by atoms with Gasteiger partial charge in [-0.2, -0.15) is 0 Å². The number of anilines is 2. The predicted molar refractivity (Wildman–Crippen MR) is 97.2 cm³/mol. The molecule has 0 unspecified atom stereocenters. The average molecular weight is 341 g/mol. The number of hydrogen-bond acceptors (Lipinski definition) is 5. The van der Waals surface area contributed by atoms with Crippen molar-refractivity contribution in [2.45, 2.75) is 26.2 Å². The zero-order valence-electron chi connectivity index (χ0n) is 14.5. The summed E-state index contributed by atoms with van der Waals surface area (Å²) in [6, 6.07) is 10.3. The largest absolute Gasteiger partial charge is 0.465 e. The highest BCUT2D eigenvalue weighted by Gasteiger charge is 2.08. The number of aromatic nitrogens is 1. The molecular formula is C19H23N3O3. The van der Waals surface area contributed by atoms with Crippen LogP contribution >= 0.6 is 0 Å². The first kappa shape index (κ1) is 18.4. The van der Waals surface area contributed by atoms with E-state index in [0.717, 1.165) is 19.3 Å². The van der Waals surface area contributed by atoms with Gasteiger partial charge in [0.25, 0.3) is 5.91 Å². The fraction of sp³-hybridized carbons (Fsp3) is 0.316. The molecule has 0 fully saturated rings. The van der Waals surface area contributed by atoms with Gasteiger partial charge in [-0.05, 0) is 36.8 Å². The van der Waals surface area contributed by atoms with Gasteiger partial charge in [-0.25, -0.2) is 9.78 Å². The van der Waals surface area contributed by atoms with Crippen LogP contribution in [0, 0.1) is 0 Å². The van der Waals surface area contributed by atoms with Gasteiger partial charge in [0.2, 0.25) is 0 Å². The third-order valence-corrected chi connectivity index (χ3v) is 3.64. The second-order valence-corrected chi connectivity index (χ2v) is 5.59. The van der Waals surface area contributed by atoms with Crippen molar-refractivity contribution in [3.63, 3.8) is 0 Å². The monoisotopic (exact) mass is 341 g/mol. The average Bonchev–Trinajstić information content (AvgIpc) is 2.65. The Morgan fingerprint density at radius 3 is 2.72 bits per heavy atom. The van der Waals surface area contributed by atoms with Crippen LogP contribution in [0.2, 0.25) is 0 Å². The van der Waals surface area contributed by atoms with Crippen LogP contribution in [0.1, 0.15) is 46.9 Å². The molecule has 0 radical (unpaired) electrons. The maximum absolute atomic E-state index is 12.2. The first-order valence-electron chi connectivity index (χ1n) is 8.33. The number of amides is 1. The highest BCUT2D eigenvalue weighted by Crippen LogP contribution is 2.17. The van der Waals surface area contributed by atoms with Gasteiger partial charge in [0.15, 0.2) is 0 Å². The van der Waals surface area contributed by atoms with Crippen LogP contribution in [0.3, 0.4) is 0 Å². The Morgan fingerprint density at radius 1 is 1.12 bits per heavy atom. The van der Waals surface area contributed by atoms with Gasteiger partial charge < -0.3 is 15.4 Å². The van der Waals surface area contributed by atoms with Crippen molar-refractivity contribution in [2.75, 3.05) is 19.0 Å².